The Morgan fingerprint density at radius 3 is 2.76 bits per heavy atom. The van der Waals surface area contributed by atoms with Crippen LogP contribution in [0.5, 0.6) is 0 Å². The van der Waals surface area contributed by atoms with Crippen LogP contribution in [0.3, 0.4) is 0 Å². The SMILES string of the molecule is Cc1onc(-c2ccccc2Cl)c1C(=O)NCC(O)c1cn(C)c2ccccc12. The molecule has 1 atom stereocenters. The van der Waals surface area contributed by atoms with Crippen molar-refractivity contribution < 1.29 is 14.4 Å². The molecular weight excluding hydrogens is 390 g/mol. The smallest absolute Gasteiger partial charge is 0.257 e. The number of aryl methyl sites for hydroxylation is 2. The van der Waals surface area contributed by atoms with Gasteiger partial charge in [0.1, 0.15) is 17.0 Å². The lowest BCUT2D eigenvalue weighted by molar-refractivity contribution is 0.0916. The molecule has 2 N–H and O–H groups in total. The van der Waals surface area contributed by atoms with E-state index in [1.54, 1.807) is 25.1 Å². The summed E-state index contributed by atoms with van der Waals surface area (Å²) in [6, 6.07) is 14.9. The quantitative estimate of drug-likeness (QED) is 0.516. The van der Waals surface area contributed by atoms with Gasteiger partial charge in [-0.25, -0.2) is 0 Å². The molecule has 0 saturated heterocycles. The minimum Gasteiger partial charge on any atom is -0.386 e. The lowest BCUT2D eigenvalue weighted by Crippen LogP contribution is -2.29. The molecule has 148 valence electrons. The Morgan fingerprint density at radius 2 is 1.97 bits per heavy atom. The van der Waals surface area contributed by atoms with Crippen molar-refractivity contribution in [3.63, 3.8) is 0 Å². The van der Waals surface area contributed by atoms with Crippen LogP contribution in [0.15, 0.2) is 59.3 Å². The fourth-order valence-electron chi connectivity index (χ4n) is 3.50. The van der Waals surface area contributed by atoms with E-state index in [9.17, 15) is 9.90 Å². The van der Waals surface area contributed by atoms with Crippen LogP contribution in [0, 0.1) is 6.92 Å². The number of aliphatic hydroxyl groups is 1. The standard InChI is InChI=1S/C22H20ClN3O3/c1-13-20(21(25-29-13)15-8-3-5-9-17(15)23)22(28)24-11-19(27)16-12-26(2)18-10-6-4-7-14(16)18/h3-10,12,19,27H,11H2,1-2H3,(H,24,28). The van der Waals surface area contributed by atoms with Gasteiger partial charge in [0.2, 0.25) is 0 Å². The zero-order chi connectivity index (χ0) is 20.5. The molecule has 0 aliphatic carbocycles. The van der Waals surface area contributed by atoms with Crippen molar-refractivity contribution in [3.05, 3.63) is 76.6 Å². The highest BCUT2D eigenvalue weighted by Gasteiger charge is 2.24. The van der Waals surface area contributed by atoms with Gasteiger partial charge in [0.25, 0.3) is 5.91 Å². The number of nitrogens with one attached hydrogen (secondary N) is 1. The summed E-state index contributed by atoms with van der Waals surface area (Å²) in [6.45, 7) is 1.73. The zero-order valence-corrected chi connectivity index (χ0v) is 16.8. The first-order chi connectivity index (χ1) is 14.0. The van der Waals surface area contributed by atoms with Crippen LogP contribution in [-0.2, 0) is 7.05 Å². The number of carbonyl (C=O) groups excluding carboxylic acids is 1. The van der Waals surface area contributed by atoms with E-state index >= 15 is 0 Å². The van der Waals surface area contributed by atoms with Crippen LogP contribution in [0.4, 0.5) is 0 Å². The van der Waals surface area contributed by atoms with Crippen LogP contribution >= 0.6 is 11.6 Å². The van der Waals surface area contributed by atoms with Crippen molar-refractivity contribution in [1.82, 2.24) is 15.0 Å². The molecule has 4 aromatic rings. The Labute approximate surface area is 172 Å². The van der Waals surface area contributed by atoms with Gasteiger partial charge in [-0.15, -0.1) is 0 Å². The number of rotatable bonds is 5. The average Bonchev–Trinajstić information content (AvgIpc) is 3.27. The highest BCUT2D eigenvalue weighted by Crippen LogP contribution is 2.31. The lowest BCUT2D eigenvalue weighted by Gasteiger charge is -2.12. The molecule has 0 bridgehead atoms. The number of fused-ring (bicyclic) bond motifs is 1. The Hall–Kier alpha value is -3.09. The minimum atomic E-state index is -0.853. The maximum absolute atomic E-state index is 12.9. The van der Waals surface area contributed by atoms with Crippen LogP contribution < -0.4 is 5.32 Å². The predicted molar refractivity (Wildman–Crippen MR) is 112 cm³/mol. The second-order valence-corrected chi connectivity index (χ2v) is 7.29. The van der Waals surface area contributed by atoms with Crippen LogP contribution in [-0.4, -0.2) is 27.3 Å². The largest absolute Gasteiger partial charge is 0.386 e. The number of carbonyl (C=O) groups is 1. The molecule has 6 nitrogen and oxygen atoms in total. The van der Waals surface area contributed by atoms with E-state index in [0.29, 0.717) is 27.6 Å². The molecule has 1 unspecified atom stereocenters. The first-order valence-electron chi connectivity index (χ1n) is 9.18. The number of halogens is 1. The van der Waals surface area contributed by atoms with Gasteiger partial charge in [0.05, 0.1) is 11.1 Å². The van der Waals surface area contributed by atoms with Crippen molar-refractivity contribution >= 4 is 28.4 Å². The minimum absolute atomic E-state index is 0.0550. The maximum Gasteiger partial charge on any atom is 0.257 e. The maximum atomic E-state index is 12.9. The van der Waals surface area contributed by atoms with Crippen molar-refractivity contribution in [2.24, 2.45) is 7.05 Å². The van der Waals surface area contributed by atoms with E-state index in [1.165, 1.54) is 0 Å². The summed E-state index contributed by atoms with van der Waals surface area (Å²) in [6.07, 6.45) is 1.02. The molecule has 1 amide bonds. The molecule has 0 fully saturated rings. The molecule has 0 saturated carbocycles. The van der Waals surface area contributed by atoms with Gasteiger partial charge in [-0.05, 0) is 19.1 Å². The normalized spacial score (nSPS) is 12.3. The molecule has 7 heteroatoms. The highest BCUT2D eigenvalue weighted by atomic mass is 35.5. The van der Waals surface area contributed by atoms with Gasteiger partial charge in [-0.2, -0.15) is 0 Å². The van der Waals surface area contributed by atoms with Crippen LogP contribution in [0.1, 0.15) is 27.8 Å². The predicted octanol–water partition coefficient (Wildman–Crippen LogP) is 4.26. The van der Waals surface area contributed by atoms with Gasteiger partial charge >= 0.3 is 0 Å². The number of hydrogen-bond acceptors (Lipinski definition) is 4. The highest BCUT2D eigenvalue weighted by molar-refractivity contribution is 6.33. The first kappa shape index (κ1) is 19.2. The monoisotopic (exact) mass is 409 g/mol. The summed E-state index contributed by atoms with van der Waals surface area (Å²) in [7, 11) is 1.92. The average molecular weight is 410 g/mol. The van der Waals surface area contributed by atoms with Gasteiger partial charge in [0.15, 0.2) is 0 Å². The molecule has 2 aromatic heterocycles. The number of aromatic nitrogens is 2. The topological polar surface area (TPSA) is 80.3 Å². The van der Waals surface area contributed by atoms with Gasteiger partial charge in [-0.3, -0.25) is 4.79 Å². The molecule has 0 radical (unpaired) electrons. The number of aliphatic hydroxyl groups excluding tert-OH is 1. The second kappa shape index (κ2) is 7.73. The van der Waals surface area contributed by atoms with Crippen LogP contribution in [0.2, 0.25) is 5.02 Å². The Morgan fingerprint density at radius 1 is 1.24 bits per heavy atom. The lowest BCUT2D eigenvalue weighted by atomic mass is 10.0. The number of benzene rings is 2. The first-order valence-corrected chi connectivity index (χ1v) is 9.56. The fourth-order valence-corrected chi connectivity index (χ4v) is 3.73. The summed E-state index contributed by atoms with van der Waals surface area (Å²) in [5.41, 5.74) is 3.08. The molecule has 0 aliphatic heterocycles. The molecule has 0 aliphatic rings. The zero-order valence-electron chi connectivity index (χ0n) is 16.0. The molecule has 4 rings (SSSR count). The summed E-state index contributed by atoms with van der Waals surface area (Å²) < 4.78 is 7.20. The Bertz CT molecular complexity index is 1200. The third kappa shape index (κ3) is 3.52. The van der Waals surface area contributed by atoms with Gasteiger partial charge in [0, 0.05) is 41.8 Å². The van der Waals surface area contributed by atoms with E-state index in [1.807, 2.05) is 48.1 Å². The number of amides is 1. The summed E-state index contributed by atoms with van der Waals surface area (Å²) in [5.74, 6) is 0.00928. The van der Waals surface area contributed by atoms with E-state index < -0.39 is 6.10 Å². The van der Waals surface area contributed by atoms with E-state index in [2.05, 4.69) is 10.5 Å². The number of para-hydroxylation sites is 1. The second-order valence-electron chi connectivity index (χ2n) is 6.88. The molecule has 2 aromatic carbocycles. The van der Waals surface area contributed by atoms with Gasteiger partial charge < -0.3 is 19.5 Å². The third-order valence-electron chi connectivity index (χ3n) is 4.96. The van der Waals surface area contributed by atoms with Crippen molar-refractivity contribution in [2.75, 3.05) is 6.54 Å². The van der Waals surface area contributed by atoms with E-state index in [0.717, 1.165) is 16.5 Å². The molecule has 0 spiro atoms. The fraction of sp³-hybridized carbons (Fsp3) is 0.182. The number of hydrogen-bond donors (Lipinski definition) is 2. The van der Waals surface area contributed by atoms with Crippen LogP contribution in [0.25, 0.3) is 22.2 Å². The number of nitrogens with zero attached hydrogens (tertiary/aromatic N) is 2. The van der Waals surface area contributed by atoms with Crippen molar-refractivity contribution in [1.29, 1.82) is 0 Å². The van der Waals surface area contributed by atoms with Gasteiger partial charge in [-0.1, -0.05) is 53.2 Å². The van der Waals surface area contributed by atoms with Crippen molar-refractivity contribution in [2.45, 2.75) is 13.0 Å². The summed E-state index contributed by atoms with van der Waals surface area (Å²) in [4.78, 5) is 12.9. The molecule has 2 heterocycles. The summed E-state index contributed by atoms with van der Waals surface area (Å²) in [5, 5.41) is 18.9. The molecular formula is C22H20ClN3O3. The molecule has 29 heavy (non-hydrogen) atoms. The third-order valence-corrected chi connectivity index (χ3v) is 5.29. The summed E-state index contributed by atoms with van der Waals surface area (Å²) >= 11 is 6.25. The Balaban J connectivity index is 1.56. The van der Waals surface area contributed by atoms with E-state index in [4.69, 9.17) is 16.1 Å². The Kier molecular flexibility index (Phi) is 5.13. The van der Waals surface area contributed by atoms with Crippen molar-refractivity contribution in [3.8, 4) is 11.3 Å². The van der Waals surface area contributed by atoms with E-state index in [-0.39, 0.29) is 12.5 Å².